The van der Waals surface area contributed by atoms with Crippen molar-refractivity contribution < 1.29 is 24.0 Å². The fraction of sp³-hybridized carbons (Fsp3) is 0.191. The quantitative estimate of drug-likeness (QED) is 0.0696. The van der Waals surface area contributed by atoms with Gasteiger partial charge >= 0.3 is 0 Å². The zero-order valence-corrected chi connectivity index (χ0v) is 64.9. The van der Waals surface area contributed by atoms with Gasteiger partial charge < -0.3 is 25.8 Å². The summed E-state index contributed by atoms with van der Waals surface area (Å²) in [5, 5.41) is 37.2. The van der Waals surface area contributed by atoms with E-state index in [1.807, 2.05) is 283 Å². The van der Waals surface area contributed by atoms with Crippen LogP contribution in [0.25, 0.3) is 111 Å². The minimum atomic E-state index is -0.0575. The van der Waals surface area contributed by atoms with Crippen LogP contribution in [0.2, 0.25) is 0 Å². The Hall–Kier alpha value is -13.9. The van der Waals surface area contributed by atoms with E-state index < -0.39 is 0 Å². The lowest BCUT2D eigenvalue weighted by Gasteiger charge is -2.26. The Labute approximate surface area is 663 Å². The van der Waals surface area contributed by atoms with Crippen LogP contribution in [0, 0.1) is 6.92 Å². The van der Waals surface area contributed by atoms with Gasteiger partial charge in [-0.3, -0.25) is 47.4 Å². The molecule has 3 N–H and O–H groups in total. The number of likely N-dealkylation sites (N-methyl/N-ethyl adjacent to an activating group) is 2. The summed E-state index contributed by atoms with van der Waals surface area (Å²) < 4.78 is 8.94. The minimum Gasteiger partial charge on any atom is -0.358 e. The molecule has 0 atom stereocenters. The second-order valence-corrected chi connectivity index (χ2v) is 28.0. The van der Waals surface area contributed by atoms with Crippen LogP contribution in [-0.4, -0.2) is 129 Å². The molecule has 17 rings (SSSR count). The number of para-hydroxylation sites is 5. The Morgan fingerprint density at radius 2 is 0.632 bits per heavy atom. The van der Waals surface area contributed by atoms with Gasteiger partial charge in [0.25, 0.3) is 0 Å². The van der Waals surface area contributed by atoms with Crippen LogP contribution in [0.4, 0.5) is 0 Å². The van der Waals surface area contributed by atoms with Gasteiger partial charge in [0, 0.05) is 102 Å². The Bertz CT molecular complexity index is 5890. The van der Waals surface area contributed by atoms with E-state index in [4.69, 9.17) is 10.2 Å². The number of amides is 5. The van der Waals surface area contributed by atoms with E-state index in [9.17, 15) is 24.0 Å². The zero-order chi connectivity index (χ0) is 79.1. The Morgan fingerprint density at radius 1 is 0.342 bits per heavy atom. The van der Waals surface area contributed by atoms with E-state index in [1.54, 1.807) is 44.8 Å². The maximum Gasteiger partial charge on any atom is 0.244 e. The third kappa shape index (κ3) is 19.5. The molecule has 0 radical (unpaired) electrons. The fourth-order valence-corrected chi connectivity index (χ4v) is 13.7. The lowest BCUT2D eigenvalue weighted by Crippen LogP contribution is -2.37. The molecule has 1 aliphatic heterocycles. The number of carbonyl (C=O) groups is 5. The summed E-state index contributed by atoms with van der Waals surface area (Å²) >= 11 is 0. The molecule has 20 nitrogen and oxygen atoms in total. The van der Waals surface area contributed by atoms with Crippen molar-refractivity contribution in [3.8, 4) is 56.3 Å². The van der Waals surface area contributed by atoms with Crippen molar-refractivity contribution >= 4 is 84.1 Å². The number of piperidine rings is 1. The molecule has 5 amide bonds. The summed E-state index contributed by atoms with van der Waals surface area (Å²) in [6, 6.07) is 98.6. The highest BCUT2D eigenvalue weighted by atomic mass is 16.2. The number of benzene rings is 11. The standard InChI is InChI=1S/C23H21N3O.C20H21N3O.C18H19N3O.C17H17N3O.C16H15N3O/c1-17-11-13-18(14-12-17)15-24-22(27)16-26-21-10-6-5-9-20(21)23(25-26)19-7-3-2-4-8-19;24-19(22-13-7-2-8-14-22)15-23-18-12-6-5-11-17(18)20(21-23)16-9-3-1-4-10-16;1-2-12-19-17(22)13-21-16-11-7-6-10-15(16)18(20-21)14-8-4-3-5-9-14;1-19(2)16(21)12-20-15-11-7-6-10-14(15)17(18-20)13-8-4-3-5-9-13;1-17-15(20)11-19-14-10-6-5-9-13(14)16(18-19)12-7-3-2-4-8-12/h2-14H,15-16H2,1H3,(H,24,27);1,3-6,9-12H,2,7-8,13-15H2;3-11H,2,12-13H2,1H3,(H,19,22);3-11H,12H2,1-2H3;2-10H,11H2,1H3,(H,17,20). The largest absolute Gasteiger partial charge is 0.358 e. The van der Waals surface area contributed by atoms with Crippen molar-refractivity contribution in [1.82, 2.24) is 74.7 Å². The van der Waals surface area contributed by atoms with Crippen molar-refractivity contribution in [1.29, 1.82) is 0 Å². The number of likely N-dealkylation sites (tertiary alicyclic amines) is 1. The molecular formula is C94H93N15O5. The summed E-state index contributed by atoms with van der Waals surface area (Å²) in [6.45, 7) is 8.29. The first kappa shape index (κ1) is 78.2. The highest BCUT2D eigenvalue weighted by molar-refractivity contribution is 5.98. The third-order valence-corrected chi connectivity index (χ3v) is 19.6. The maximum atomic E-state index is 12.6. The third-order valence-electron chi connectivity index (χ3n) is 19.6. The van der Waals surface area contributed by atoms with Crippen molar-refractivity contribution in [3.05, 3.63) is 308 Å². The predicted molar refractivity (Wildman–Crippen MR) is 455 cm³/mol. The molecule has 1 saturated heterocycles. The second-order valence-electron chi connectivity index (χ2n) is 28.0. The summed E-state index contributed by atoms with van der Waals surface area (Å²) in [6.07, 6.45) is 4.38. The van der Waals surface area contributed by atoms with Gasteiger partial charge in [0.2, 0.25) is 29.5 Å². The van der Waals surface area contributed by atoms with Crippen molar-refractivity contribution in [3.63, 3.8) is 0 Å². The summed E-state index contributed by atoms with van der Waals surface area (Å²) in [7, 11) is 5.14. The van der Waals surface area contributed by atoms with Crippen LogP contribution >= 0.6 is 0 Å². The highest BCUT2D eigenvalue weighted by Gasteiger charge is 2.22. The monoisotopic (exact) mass is 1510 g/mol. The normalized spacial score (nSPS) is 11.6. The first-order valence-corrected chi connectivity index (χ1v) is 38.6. The molecule has 6 heterocycles. The van der Waals surface area contributed by atoms with E-state index in [0.717, 1.165) is 149 Å². The van der Waals surface area contributed by atoms with Gasteiger partial charge in [0.15, 0.2) is 0 Å². The molecule has 0 bridgehead atoms. The van der Waals surface area contributed by atoms with Gasteiger partial charge in [-0.15, -0.1) is 0 Å². The first-order chi connectivity index (χ1) is 55.8. The molecule has 574 valence electrons. The lowest BCUT2D eigenvalue weighted by atomic mass is 10.1. The second kappa shape index (κ2) is 38.2. The van der Waals surface area contributed by atoms with E-state index in [2.05, 4.69) is 68.5 Å². The van der Waals surface area contributed by atoms with E-state index in [1.165, 1.54) is 12.0 Å². The highest BCUT2D eigenvalue weighted by Crippen LogP contribution is 2.33. The van der Waals surface area contributed by atoms with Gasteiger partial charge in [-0.25, -0.2) is 0 Å². The average Bonchev–Trinajstić information content (AvgIpc) is 1.66. The average molecular weight is 1510 g/mol. The van der Waals surface area contributed by atoms with E-state index in [0.29, 0.717) is 19.6 Å². The lowest BCUT2D eigenvalue weighted by molar-refractivity contribution is -0.133. The molecule has 20 heteroatoms. The van der Waals surface area contributed by atoms with Gasteiger partial charge in [0.05, 0.1) is 27.6 Å². The summed E-state index contributed by atoms with van der Waals surface area (Å²) in [4.78, 5) is 64.2. The molecule has 1 aliphatic rings. The van der Waals surface area contributed by atoms with Crippen molar-refractivity contribution in [2.75, 3.05) is 40.8 Å². The maximum absolute atomic E-state index is 12.6. The molecule has 0 saturated carbocycles. The number of aromatic nitrogens is 10. The van der Waals surface area contributed by atoms with Gasteiger partial charge in [0.1, 0.15) is 61.2 Å². The SMILES string of the molecule is CCCNC(=O)Cn1nc(-c2ccccc2)c2ccccc21.CN(C)C(=O)Cn1nc(-c2ccccc2)c2ccccc21.CNC(=O)Cn1nc(-c2ccccc2)c2ccccc21.Cc1ccc(CNC(=O)Cn2nc(-c3ccccc3)c3ccccc32)cc1.O=C(Cn1nc(-c2ccccc2)c2ccccc21)N1CCCCC1. The van der Waals surface area contributed by atoms with Crippen LogP contribution in [0.5, 0.6) is 0 Å². The number of hydrogen-bond donors (Lipinski definition) is 3. The number of hydrogen-bond acceptors (Lipinski definition) is 10. The molecule has 11 aromatic carbocycles. The van der Waals surface area contributed by atoms with Crippen LogP contribution in [0.1, 0.15) is 43.7 Å². The molecule has 5 aromatic heterocycles. The Kier molecular flexibility index (Phi) is 26.2. The molecule has 0 unspecified atom stereocenters. The zero-order valence-electron chi connectivity index (χ0n) is 64.9. The summed E-state index contributed by atoms with van der Waals surface area (Å²) in [5.41, 5.74) is 17.1. The van der Waals surface area contributed by atoms with E-state index in [-0.39, 0.29) is 55.7 Å². The molecule has 16 aromatic rings. The molecule has 0 spiro atoms. The van der Waals surface area contributed by atoms with E-state index >= 15 is 0 Å². The molecule has 0 aliphatic carbocycles. The van der Waals surface area contributed by atoms with Gasteiger partial charge in [-0.05, 0) is 68.5 Å². The summed E-state index contributed by atoms with van der Waals surface area (Å²) in [5.74, 6) is 0.0847. The van der Waals surface area contributed by atoms with Crippen molar-refractivity contribution in [2.45, 2.75) is 78.8 Å². The van der Waals surface area contributed by atoms with Crippen molar-refractivity contribution in [2.24, 2.45) is 0 Å². The number of carbonyl (C=O) groups excluding carboxylic acids is 5. The van der Waals surface area contributed by atoms with Crippen LogP contribution < -0.4 is 16.0 Å². The number of aryl methyl sites for hydroxylation is 1. The molecule has 1 fully saturated rings. The number of nitrogens with one attached hydrogen (secondary N) is 3. The Balaban J connectivity index is 0.000000125. The number of rotatable bonds is 19. The smallest absolute Gasteiger partial charge is 0.244 e. The van der Waals surface area contributed by atoms with Crippen LogP contribution in [-0.2, 0) is 63.2 Å². The fourth-order valence-electron chi connectivity index (χ4n) is 13.7. The minimum absolute atomic E-state index is 0.00489. The van der Waals surface area contributed by atoms with Gasteiger partial charge in [-0.2, -0.15) is 25.5 Å². The molecular weight excluding hydrogens is 1420 g/mol. The topological polar surface area (TPSA) is 217 Å². The Morgan fingerprint density at radius 3 is 0.947 bits per heavy atom. The predicted octanol–water partition coefficient (Wildman–Crippen LogP) is 16.5. The van der Waals surface area contributed by atoms with Crippen LogP contribution in [0.3, 0.4) is 0 Å². The first-order valence-electron chi connectivity index (χ1n) is 38.6. The van der Waals surface area contributed by atoms with Gasteiger partial charge in [-0.1, -0.05) is 279 Å². The molecule has 114 heavy (non-hydrogen) atoms. The number of nitrogens with zero attached hydrogens (tertiary/aromatic N) is 12. The number of fused-ring (bicyclic) bond motifs is 5. The van der Waals surface area contributed by atoms with Crippen LogP contribution in [0.15, 0.2) is 297 Å².